The Kier molecular flexibility index (Phi) is 9.74. The van der Waals surface area contributed by atoms with Crippen molar-refractivity contribution in [2.24, 2.45) is 0 Å². The molecule has 0 atom stereocenters. The summed E-state index contributed by atoms with van der Waals surface area (Å²) in [6.45, 7) is 0. The highest BCUT2D eigenvalue weighted by molar-refractivity contribution is 8.00. The number of hydrogen-bond acceptors (Lipinski definition) is 6. The molecule has 0 aromatic heterocycles. The van der Waals surface area contributed by atoms with Crippen LogP contribution < -0.4 is 20.1 Å². The van der Waals surface area contributed by atoms with E-state index in [4.69, 9.17) is 9.47 Å². The van der Waals surface area contributed by atoms with Crippen LogP contribution >= 0.6 is 11.8 Å². The fourth-order valence-corrected chi connectivity index (χ4v) is 4.60. The summed E-state index contributed by atoms with van der Waals surface area (Å²) in [5.41, 5.74) is 2.21. The molecule has 8 heteroatoms. The average molecular weight is 553 g/mol. The van der Waals surface area contributed by atoms with Gasteiger partial charge in [-0.05, 0) is 66.7 Å². The monoisotopic (exact) mass is 552 g/mol. The summed E-state index contributed by atoms with van der Waals surface area (Å²) in [7, 11) is 3.12. The maximum absolute atomic E-state index is 13.4. The Morgan fingerprint density at radius 2 is 1.50 bits per heavy atom. The molecule has 0 fully saturated rings. The van der Waals surface area contributed by atoms with Crippen molar-refractivity contribution in [2.75, 3.05) is 25.3 Å². The summed E-state index contributed by atoms with van der Waals surface area (Å²) < 4.78 is 10.6. The number of ether oxygens (including phenoxy) is 2. The highest BCUT2D eigenvalue weighted by Crippen LogP contribution is 2.24. The van der Waals surface area contributed by atoms with E-state index in [1.165, 1.54) is 18.9 Å². The quantitative estimate of drug-likeness (QED) is 0.133. The molecular weight excluding hydrogens is 524 g/mol. The minimum absolute atomic E-state index is 0.0206. The molecular formula is C32H28N2O5S. The Labute approximate surface area is 237 Å². The predicted molar refractivity (Wildman–Crippen MR) is 158 cm³/mol. The third-order valence-corrected chi connectivity index (χ3v) is 6.84. The third-order valence-electron chi connectivity index (χ3n) is 5.84. The number of ketones is 1. The fraction of sp³-hybridized carbons (Fsp3) is 0.0938. The molecule has 202 valence electrons. The van der Waals surface area contributed by atoms with Gasteiger partial charge in [-0.25, -0.2) is 0 Å². The molecule has 0 radical (unpaired) electrons. The number of carbonyl (C=O) groups excluding carboxylic acids is 3. The lowest BCUT2D eigenvalue weighted by molar-refractivity contribution is -0.113. The van der Waals surface area contributed by atoms with Crippen molar-refractivity contribution in [3.63, 3.8) is 0 Å². The molecule has 2 amide bonds. The van der Waals surface area contributed by atoms with Gasteiger partial charge in [0.1, 0.15) is 17.2 Å². The van der Waals surface area contributed by atoms with Crippen LogP contribution in [0.3, 0.4) is 0 Å². The lowest BCUT2D eigenvalue weighted by atomic mass is 10.1. The number of hydrogen-bond donors (Lipinski definition) is 2. The van der Waals surface area contributed by atoms with E-state index in [0.717, 1.165) is 4.90 Å². The maximum Gasteiger partial charge on any atom is 0.272 e. The standard InChI is InChI=1S/C32H28N2O5S/c1-38-26-17-15-22(16-18-26)29(35)21-40-27-13-8-12-25(20-27)33-32(37)28(19-24-11-6-7-14-30(24)39-2)34-31(36)23-9-4-3-5-10-23/h3-20H,21H2,1-2H3,(H,33,37)(H,34,36)/b28-19-. The van der Waals surface area contributed by atoms with E-state index in [1.54, 1.807) is 92.0 Å². The van der Waals surface area contributed by atoms with Crippen LogP contribution in [0.4, 0.5) is 5.69 Å². The molecule has 0 saturated carbocycles. The molecule has 0 saturated heterocycles. The number of amides is 2. The van der Waals surface area contributed by atoms with Crippen molar-refractivity contribution < 1.29 is 23.9 Å². The predicted octanol–water partition coefficient (Wildman–Crippen LogP) is 6.09. The number of Topliss-reactive ketones (excluding diaryl/α,β-unsaturated/α-hetero) is 1. The first-order chi connectivity index (χ1) is 19.5. The molecule has 0 bridgehead atoms. The Bertz CT molecular complexity index is 1520. The Hall–Kier alpha value is -4.82. The van der Waals surface area contributed by atoms with Crippen molar-refractivity contribution in [3.8, 4) is 11.5 Å². The van der Waals surface area contributed by atoms with Gasteiger partial charge < -0.3 is 20.1 Å². The molecule has 7 nitrogen and oxygen atoms in total. The highest BCUT2D eigenvalue weighted by Gasteiger charge is 2.16. The zero-order valence-corrected chi connectivity index (χ0v) is 22.9. The summed E-state index contributed by atoms with van der Waals surface area (Å²) >= 11 is 1.37. The third kappa shape index (κ3) is 7.61. The normalized spacial score (nSPS) is 10.9. The van der Waals surface area contributed by atoms with Crippen LogP contribution in [0.1, 0.15) is 26.3 Å². The maximum atomic E-state index is 13.4. The molecule has 0 spiro atoms. The van der Waals surface area contributed by atoms with E-state index in [1.807, 2.05) is 24.3 Å². The molecule has 0 aliphatic heterocycles. The molecule has 40 heavy (non-hydrogen) atoms. The Morgan fingerprint density at radius 1 is 0.775 bits per heavy atom. The van der Waals surface area contributed by atoms with Crippen LogP contribution in [0.25, 0.3) is 6.08 Å². The van der Waals surface area contributed by atoms with Crippen LogP contribution in [-0.4, -0.2) is 37.6 Å². The molecule has 4 aromatic rings. The zero-order chi connectivity index (χ0) is 28.3. The number of para-hydroxylation sites is 1. The van der Waals surface area contributed by atoms with Crippen molar-refractivity contribution in [3.05, 3.63) is 126 Å². The molecule has 2 N–H and O–H groups in total. The smallest absolute Gasteiger partial charge is 0.272 e. The van der Waals surface area contributed by atoms with Crippen LogP contribution in [0.2, 0.25) is 0 Å². The number of carbonyl (C=O) groups is 3. The number of anilines is 1. The second-order valence-electron chi connectivity index (χ2n) is 8.54. The van der Waals surface area contributed by atoms with E-state index in [9.17, 15) is 14.4 Å². The van der Waals surface area contributed by atoms with Gasteiger partial charge >= 0.3 is 0 Å². The number of benzene rings is 4. The Balaban J connectivity index is 1.50. The van der Waals surface area contributed by atoms with Crippen molar-refractivity contribution in [1.29, 1.82) is 0 Å². The first-order valence-corrected chi connectivity index (χ1v) is 13.4. The van der Waals surface area contributed by atoms with Gasteiger partial charge in [-0.3, -0.25) is 14.4 Å². The van der Waals surface area contributed by atoms with E-state index in [-0.39, 0.29) is 17.2 Å². The molecule has 0 aliphatic rings. The van der Waals surface area contributed by atoms with Gasteiger partial charge in [0.2, 0.25) is 0 Å². The highest BCUT2D eigenvalue weighted by atomic mass is 32.2. The number of methoxy groups -OCH3 is 2. The zero-order valence-electron chi connectivity index (χ0n) is 22.0. The summed E-state index contributed by atoms with van der Waals surface area (Å²) in [6, 6.07) is 30.0. The van der Waals surface area contributed by atoms with Crippen molar-refractivity contribution in [2.45, 2.75) is 4.90 Å². The minimum atomic E-state index is -0.508. The number of nitrogens with one attached hydrogen (secondary N) is 2. The van der Waals surface area contributed by atoms with Crippen LogP contribution in [0, 0.1) is 0 Å². The van der Waals surface area contributed by atoms with Gasteiger partial charge in [-0.1, -0.05) is 42.5 Å². The molecule has 0 heterocycles. The van der Waals surface area contributed by atoms with E-state index in [2.05, 4.69) is 10.6 Å². The molecule has 4 aromatic carbocycles. The van der Waals surface area contributed by atoms with Gasteiger partial charge in [0.25, 0.3) is 11.8 Å². The summed E-state index contributed by atoms with van der Waals surface area (Å²) in [5.74, 6) is 0.529. The summed E-state index contributed by atoms with van der Waals surface area (Å²) in [4.78, 5) is 39.7. The second kappa shape index (κ2) is 13.8. The van der Waals surface area contributed by atoms with Gasteiger partial charge in [-0.15, -0.1) is 11.8 Å². The van der Waals surface area contributed by atoms with Crippen LogP contribution in [-0.2, 0) is 4.79 Å². The summed E-state index contributed by atoms with van der Waals surface area (Å²) in [5, 5.41) is 5.58. The Morgan fingerprint density at radius 3 is 2.23 bits per heavy atom. The van der Waals surface area contributed by atoms with Gasteiger partial charge in [0.05, 0.1) is 20.0 Å². The molecule has 0 aliphatic carbocycles. The largest absolute Gasteiger partial charge is 0.497 e. The van der Waals surface area contributed by atoms with Gasteiger partial charge in [0, 0.05) is 27.3 Å². The first kappa shape index (κ1) is 28.2. The van der Waals surface area contributed by atoms with E-state index in [0.29, 0.717) is 33.9 Å². The molecule has 0 unspecified atom stereocenters. The topological polar surface area (TPSA) is 93.7 Å². The minimum Gasteiger partial charge on any atom is -0.497 e. The van der Waals surface area contributed by atoms with Crippen LogP contribution in [0.5, 0.6) is 11.5 Å². The second-order valence-corrected chi connectivity index (χ2v) is 9.59. The fourth-order valence-electron chi connectivity index (χ4n) is 3.75. The van der Waals surface area contributed by atoms with Crippen molar-refractivity contribution >= 4 is 41.1 Å². The lowest BCUT2D eigenvalue weighted by Crippen LogP contribution is -2.30. The van der Waals surface area contributed by atoms with Gasteiger partial charge in [-0.2, -0.15) is 0 Å². The van der Waals surface area contributed by atoms with Crippen LogP contribution in [0.15, 0.2) is 114 Å². The van der Waals surface area contributed by atoms with E-state index >= 15 is 0 Å². The number of thioether (sulfide) groups is 1. The first-order valence-electron chi connectivity index (χ1n) is 12.4. The van der Waals surface area contributed by atoms with Crippen molar-refractivity contribution in [1.82, 2.24) is 5.32 Å². The van der Waals surface area contributed by atoms with Gasteiger partial charge in [0.15, 0.2) is 5.78 Å². The SMILES string of the molecule is COc1ccc(C(=O)CSc2cccc(NC(=O)/C(=C/c3ccccc3OC)NC(=O)c3ccccc3)c2)cc1. The average Bonchev–Trinajstić information content (AvgIpc) is 3.00. The molecule has 4 rings (SSSR count). The summed E-state index contributed by atoms with van der Waals surface area (Å²) in [6.07, 6.45) is 1.57. The lowest BCUT2D eigenvalue weighted by Gasteiger charge is -2.13. The van der Waals surface area contributed by atoms with E-state index < -0.39 is 11.8 Å². The number of rotatable bonds is 11.